The predicted octanol–water partition coefficient (Wildman–Crippen LogP) is 2.10. The third kappa shape index (κ3) is 5.55. The topological polar surface area (TPSA) is 79.3 Å². The number of ether oxygens (including phenoxy) is 2. The Morgan fingerprint density at radius 1 is 1.04 bits per heavy atom. The SMILES string of the molecule is CC(C)COC(=O)N1CCN(C(=O)C(C)Oc2ccc(O)cc2)CC1. The van der Waals surface area contributed by atoms with E-state index in [2.05, 4.69) is 0 Å². The van der Waals surface area contributed by atoms with Gasteiger partial charge in [0.05, 0.1) is 6.61 Å². The Labute approximate surface area is 148 Å². The van der Waals surface area contributed by atoms with Crippen LogP contribution in [0, 0.1) is 5.92 Å². The van der Waals surface area contributed by atoms with Gasteiger partial charge in [-0.05, 0) is 37.1 Å². The van der Waals surface area contributed by atoms with E-state index in [1.165, 1.54) is 12.1 Å². The first kappa shape index (κ1) is 18.9. The third-order valence-corrected chi connectivity index (χ3v) is 3.89. The molecule has 1 atom stereocenters. The van der Waals surface area contributed by atoms with E-state index in [4.69, 9.17) is 9.47 Å². The van der Waals surface area contributed by atoms with Gasteiger partial charge in [-0.1, -0.05) is 13.8 Å². The predicted molar refractivity (Wildman–Crippen MR) is 92.5 cm³/mol. The van der Waals surface area contributed by atoms with Crippen molar-refractivity contribution in [3.8, 4) is 11.5 Å². The number of nitrogens with zero attached hydrogens (tertiary/aromatic N) is 2. The zero-order valence-corrected chi connectivity index (χ0v) is 15.0. The maximum Gasteiger partial charge on any atom is 0.409 e. The largest absolute Gasteiger partial charge is 0.508 e. The summed E-state index contributed by atoms with van der Waals surface area (Å²) < 4.78 is 10.8. The summed E-state index contributed by atoms with van der Waals surface area (Å²) in [6, 6.07) is 6.24. The van der Waals surface area contributed by atoms with Crippen LogP contribution in [0.5, 0.6) is 11.5 Å². The molecule has 1 heterocycles. The highest BCUT2D eigenvalue weighted by molar-refractivity contribution is 5.81. The molecule has 1 aliphatic rings. The summed E-state index contributed by atoms with van der Waals surface area (Å²) >= 11 is 0. The van der Waals surface area contributed by atoms with E-state index in [1.807, 2.05) is 13.8 Å². The Balaban J connectivity index is 1.80. The van der Waals surface area contributed by atoms with E-state index in [9.17, 15) is 14.7 Å². The lowest BCUT2D eigenvalue weighted by Crippen LogP contribution is -2.53. The summed E-state index contributed by atoms with van der Waals surface area (Å²) in [4.78, 5) is 27.7. The van der Waals surface area contributed by atoms with Gasteiger partial charge >= 0.3 is 6.09 Å². The van der Waals surface area contributed by atoms with Crippen LogP contribution < -0.4 is 4.74 Å². The van der Waals surface area contributed by atoms with Gasteiger partial charge in [0.2, 0.25) is 0 Å². The second-order valence-corrected chi connectivity index (χ2v) is 6.54. The van der Waals surface area contributed by atoms with Crippen LogP contribution in [0.15, 0.2) is 24.3 Å². The highest BCUT2D eigenvalue weighted by atomic mass is 16.6. The molecule has 1 unspecified atom stereocenters. The fraction of sp³-hybridized carbons (Fsp3) is 0.556. The number of aromatic hydroxyl groups is 1. The summed E-state index contributed by atoms with van der Waals surface area (Å²) in [5, 5.41) is 9.27. The van der Waals surface area contributed by atoms with Gasteiger partial charge in [0, 0.05) is 26.2 Å². The first-order chi connectivity index (χ1) is 11.9. The van der Waals surface area contributed by atoms with Gasteiger partial charge in [0.25, 0.3) is 5.91 Å². The minimum Gasteiger partial charge on any atom is -0.508 e. The molecule has 0 saturated carbocycles. The average molecular weight is 350 g/mol. The highest BCUT2D eigenvalue weighted by Gasteiger charge is 2.28. The molecule has 2 rings (SSSR count). The molecule has 7 heteroatoms. The van der Waals surface area contributed by atoms with Crippen LogP contribution in [-0.2, 0) is 9.53 Å². The lowest BCUT2D eigenvalue weighted by Gasteiger charge is -2.35. The molecule has 7 nitrogen and oxygen atoms in total. The van der Waals surface area contributed by atoms with Crippen molar-refractivity contribution in [3.05, 3.63) is 24.3 Å². The number of phenols is 1. The molecule has 1 aromatic carbocycles. The van der Waals surface area contributed by atoms with E-state index in [0.717, 1.165) is 0 Å². The Kier molecular flexibility index (Phi) is 6.50. The number of carbonyl (C=O) groups is 2. The first-order valence-electron chi connectivity index (χ1n) is 8.53. The summed E-state index contributed by atoms with van der Waals surface area (Å²) in [5.74, 6) is 0.842. The number of benzene rings is 1. The van der Waals surface area contributed by atoms with Crippen molar-refractivity contribution in [2.24, 2.45) is 5.92 Å². The third-order valence-electron chi connectivity index (χ3n) is 3.89. The zero-order valence-electron chi connectivity index (χ0n) is 15.0. The van der Waals surface area contributed by atoms with Crippen molar-refractivity contribution in [2.45, 2.75) is 26.9 Å². The average Bonchev–Trinajstić information content (AvgIpc) is 2.61. The second kappa shape index (κ2) is 8.60. The molecule has 0 spiro atoms. The van der Waals surface area contributed by atoms with Crippen molar-refractivity contribution < 1.29 is 24.2 Å². The van der Waals surface area contributed by atoms with Gasteiger partial charge < -0.3 is 24.4 Å². The number of piperazine rings is 1. The molecule has 1 saturated heterocycles. The molecule has 0 radical (unpaired) electrons. The number of hydrogen-bond donors (Lipinski definition) is 1. The smallest absolute Gasteiger partial charge is 0.409 e. The van der Waals surface area contributed by atoms with Gasteiger partial charge in [-0.3, -0.25) is 4.79 Å². The number of amides is 2. The Hall–Kier alpha value is -2.44. The normalized spacial score (nSPS) is 15.8. The summed E-state index contributed by atoms with van der Waals surface area (Å²) in [6.45, 7) is 7.88. The fourth-order valence-corrected chi connectivity index (χ4v) is 2.48. The van der Waals surface area contributed by atoms with E-state index in [1.54, 1.807) is 28.9 Å². The number of carbonyl (C=O) groups excluding carboxylic acids is 2. The quantitative estimate of drug-likeness (QED) is 0.880. The minimum absolute atomic E-state index is 0.122. The molecule has 0 bridgehead atoms. The molecule has 0 aromatic heterocycles. The number of hydrogen-bond acceptors (Lipinski definition) is 5. The Morgan fingerprint density at radius 3 is 2.16 bits per heavy atom. The van der Waals surface area contributed by atoms with Crippen molar-refractivity contribution in [2.75, 3.05) is 32.8 Å². The molecule has 1 fully saturated rings. The van der Waals surface area contributed by atoms with Crippen LogP contribution in [0.3, 0.4) is 0 Å². The molecule has 1 aromatic rings. The van der Waals surface area contributed by atoms with Crippen LogP contribution in [0.2, 0.25) is 0 Å². The van der Waals surface area contributed by atoms with E-state index >= 15 is 0 Å². The first-order valence-corrected chi connectivity index (χ1v) is 8.53. The van der Waals surface area contributed by atoms with Crippen LogP contribution in [0.1, 0.15) is 20.8 Å². The van der Waals surface area contributed by atoms with Crippen molar-refractivity contribution in [3.63, 3.8) is 0 Å². The van der Waals surface area contributed by atoms with Crippen LogP contribution in [-0.4, -0.2) is 65.8 Å². The zero-order chi connectivity index (χ0) is 18.4. The van der Waals surface area contributed by atoms with Gasteiger partial charge in [-0.15, -0.1) is 0 Å². The monoisotopic (exact) mass is 350 g/mol. The molecule has 25 heavy (non-hydrogen) atoms. The van der Waals surface area contributed by atoms with Crippen molar-refractivity contribution >= 4 is 12.0 Å². The van der Waals surface area contributed by atoms with Crippen LogP contribution >= 0.6 is 0 Å². The lowest BCUT2D eigenvalue weighted by molar-refractivity contribution is -0.139. The standard InChI is InChI=1S/C18H26N2O5/c1-13(2)12-24-18(23)20-10-8-19(9-11-20)17(22)14(3)25-16-6-4-15(21)5-7-16/h4-7,13-14,21H,8-12H2,1-3H3. The lowest BCUT2D eigenvalue weighted by atomic mass is 10.2. The second-order valence-electron chi connectivity index (χ2n) is 6.54. The summed E-state index contributed by atoms with van der Waals surface area (Å²) in [7, 11) is 0. The van der Waals surface area contributed by atoms with E-state index in [0.29, 0.717) is 44.5 Å². The molecular weight excluding hydrogens is 324 g/mol. The van der Waals surface area contributed by atoms with Crippen molar-refractivity contribution in [1.29, 1.82) is 0 Å². The van der Waals surface area contributed by atoms with Crippen molar-refractivity contribution in [1.82, 2.24) is 9.80 Å². The molecule has 138 valence electrons. The van der Waals surface area contributed by atoms with Crippen LogP contribution in [0.4, 0.5) is 4.79 Å². The molecule has 0 aliphatic carbocycles. The molecule has 1 N–H and O–H groups in total. The van der Waals surface area contributed by atoms with E-state index < -0.39 is 6.10 Å². The fourth-order valence-electron chi connectivity index (χ4n) is 2.48. The van der Waals surface area contributed by atoms with Gasteiger partial charge in [0.15, 0.2) is 6.10 Å². The van der Waals surface area contributed by atoms with E-state index in [-0.39, 0.29) is 17.7 Å². The van der Waals surface area contributed by atoms with Gasteiger partial charge in [0.1, 0.15) is 11.5 Å². The summed E-state index contributed by atoms with van der Waals surface area (Å²) in [6.07, 6.45) is -0.960. The van der Waals surface area contributed by atoms with Gasteiger partial charge in [-0.2, -0.15) is 0 Å². The molecule has 1 aliphatic heterocycles. The summed E-state index contributed by atoms with van der Waals surface area (Å²) in [5.41, 5.74) is 0. The van der Waals surface area contributed by atoms with Crippen LogP contribution in [0.25, 0.3) is 0 Å². The molecular formula is C18H26N2O5. The maximum atomic E-state index is 12.5. The Morgan fingerprint density at radius 2 is 1.60 bits per heavy atom. The maximum absolute atomic E-state index is 12.5. The number of phenolic OH excluding ortho intramolecular Hbond substituents is 1. The molecule has 2 amide bonds. The number of rotatable bonds is 5. The highest BCUT2D eigenvalue weighted by Crippen LogP contribution is 2.18. The minimum atomic E-state index is -0.635. The Bertz CT molecular complexity index is 580. The van der Waals surface area contributed by atoms with Gasteiger partial charge in [-0.25, -0.2) is 4.79 Å².